The van der Waals surface area contributed by atoms with Gasteiger partial charge in [-0.3, -0.25) is 4.68 Å². The minimum Gasteiger partial charge on any atom is -0.379 e. The van der Waals surface area contributed by atoms with Crippen molar-refractivity contribution in [2.75, 3.05) is 25.1 Å². The van der Waals surface area contributed by atoms with Crippen LogP contribution >= 0.6 is 0 Å². The van der Waals surface area contributed by atoms with E-state index < -0.39 is 0 Å². The van der Waals surface area contributed by atoms with E-state index in [-0.39, 0.29) is 5.60 Å². The van der Waals surface area contributed by atoms with Gasteiger partial charge in [-0.15, -0.1) is 0 Å². The molecule has 0 aromatic carbocycles. The van der Waals surface area contributed by atoms with Crippen molar-refractivity contribution in [3.05, 3.63) is 11.9 Å². The first-order valence-electron chi connectivity index (χ1n) is 7.78. The maximum absolute atomic E-state index is 6.00. The first kappa shape index (κ1) is 12.7. The van der Waals surface area contributed by atoms with Crippen LogP contribution in [0.4, 0.5) is 5.69 Å². The van der Waals surface area contributed by atoms with Gasteiger partial charge in [-0.2, -0.15) is 5.10 Å². The van der Waals surface area contributed by atoms with Crippen LogP contribution in [0, 0.1) is 6.92 Å². The number of ether oxygens (including phenoxy) is 2. The van der Waals surface area contributed by atoms with Gasteiger partial charge in [0, 0.05) is 6.61 Å². The van der Waals surface area contributed by atoms with Crippen molar-refractivity contribution in [3.63, 3.8) is 0 Å². The summed E-state index contributed by atoms with van der Waals surface area (Å²) in [6, 6.07) is 0.842. The van der Waals surface area contributed by atoms with Crippen LogP contribution in [0.25, 0.3) is 0 Å². The Labute approximate surface area is 119 Å². The topological polar surface area (TPSA) is 48.3 Å². The van der Waals surface area contributed by atoms with Crippen LogP contribution in [0.2, 0.25) is 0 Å². The molecule has 0 amide bonds. The lowest BCUT2D eigenvalue weighted by molar-refractivity contribution is -0.0562. The lowest BCUT2D eigenvalue weighted by Crippen LogP contribution is -2.36. The van der Waals surface area contributed by atoms with Gasteiger partial charge in [0.2, 0.25) is 0 Å². The zero-order valence-corrected chi connectivity index (χ0v) is 12.1. The molecule has 2 atom stereocenters. The Hall–Kier alpha value is -1.07. The number of hydrogen-bond donors (Lipinski definition) is 1. The van der Waals surface area contributed by atoms with Gasteiger partial charge in [-0.1, -0.05) is 0 Å². The van der Waals surface area contributed by atoms with Gasteiger partial charge in [-0.25, -0.2) is 0 Å². The van der Waals surface area contributed by atoms with Crippen molar-refractivity contribution in [3.8, 4) is 0 Å². The molecule has 3 aliphatic rings. The summed E-state index contributed by atoms with van der Waals surface area (Å²) in [7, 11) is 0. The van der Waals surface area contributed by atoms with E-state index in [0.29, 0.717) is 12.1 Å². The molecule has 2 unspecified atom stereocenters. The molecule has 1 spiro atoms. The van der Waals surface area contributed by atoms with Gasteiger partial charge >= 0.3 is 0 Å². The fourth-order valence-corrected chi connectivity index (χ4v) is 3.72. The van der Waals surface area contributed by atoms with Crippen LogP contribution in [0.15, 0.2) is 6.20 Å². The molecule has 0 radical (unpaired) electrons. The highest BCUT2D eigenvalue weighted by Gasteiger charge is 2.45. The van der Waals surface area contributed by atoms with Gasteiger partial charge < -0.3 is 14.8 Å². The summed E-state index contributed by atoms with van der Waals surface area (Å²) < 4.78 is 13.6. The summed E-state index contributed by atoms with van der Waals surface area (Å²) in [4.78, 5) is 0. The van der Waals surface area contributed by atoms with Crippen LogP contribution in [0.5, 0.6) is 0 Å². The van der Waals surface area contributed by atoms with E-state index in [0.717, 1.165) is 38.3 Å². The predicted octanol–water partition coefficient (Wildman–Crippen LogP) is 2.28. The molecular weight excluding hydrogens is 254 g/mol. The minimum absolute atomic E-state index is 0.209. The molecule has 20 heavy (non-hydrogen) atoms. The second kappa shape index (κ2) is 4.74. The van der Waals surface area contributed by atoms with E-state index in [1.54, 1.807) is 0 Å². The molecule has 3 heterocycles. The number of nitrogens with one attached hydrogen (secondary N) is 1. The Morgan fingerprint density at radius 2 is 2.30 bits per heavy atom. The largest absolute Gasteiger partial charge is 0.379 e. The molecule has 110 valence electrons. The molecule has 3 fully saturated rings. The van der Waals surface area contributed by atoms with E-state index in [1.807, 2.05) is 6.20 Å². The average molecular weight is 277 g/mol. The second-order valence-electron chi connectivity index (χ2n) is 6.50. The van der Waals surface area contributed by atoms with Crippen LogP contribution < -0.4 is 5.32 Å². The van der Waals surface area contributed by atoms with Crippen molar-refractivity contribution < 1.29 is 9.47 Å². The summed E-state index contributed by atoms with van der Waals surface area (Å²) in [6.45, 7) is 4.61. The Balaban J connectivity index is 1.44. The monoisotopic (exact) mass is 277 g/mol. The predicted molar refractivity (Wildman–Crippen MR) is 76.0 cm³/mol. The highest BCUT2D eigenvalue weighted by atomic mass is 16.5. The molecule has 5 nitrogen and oxygen atoms in total. The number of anilines is 1. The van der Waals surface area contributed by atoms with Gasteiger partial charge in [0.1, 0.15) is 0 Å². The lowest BCUT2D eigenvalue weighted by atomic mass is 9.77. The fourth-order valence-electron chi connectivity index (χ4n) is 3.72. The van der Waals surface area contributed by atoms with Gasteiger partial charge in [-0.05, 0) is 39.0 Å². The average Bonchev–Trinajstić information content (AvgIpc) is 3.10. The van der Waals surface area contributed by atoms with Crippen LogP contribution in [-0.2, 0) is 9.47 Å². The third-order valence-electron chi connectivity index (χ3n) is 5.13. The first-order valence-corrected chi connectivity index (χ1v) is 7.78. The van der Waals surface area contributed by atoms with E-state index in [4.69, 9.17) is 9.47 Å². The number of nitrogens with zero attached hydrogens (tertiary/aromatic N) is 2. The third kappa shape index (κ3) is 2.04. The molecule has 1 aromatic heterocycles. The standard InChI is InChI=1S/C15H23N3O2/c1-11-14(8-16-18(11)13-3-6-19-10-13)17-12-7-15(20-9-12)4-2-5-15/h8,12-13,17H,2-7,9-10H2,1H3. The molecule has 1 saturated carbocycles. The van der Waals surface area contributed by atoms with Crippen LogP contribution in [0.3, 0.4) is 0 Å². The maximum Gasteiger partial charge on any atom is 0.0778 e. The van der Waals surface area contributed by atoms with E-state index in [9.17, 15) is 0 Å². The SMILES string of the molecule is Cc1c(NC2COC3(CCC3)C2)cnn1C1CCOC1. The summed E-state index contributed by atoms with van der Waals surface area (Å²) >= 11 is 0. The Kier molecular flexibility index (Phi) is 3.00. The molecule has 1 N–H and O–H groups in total. The molecule has 1 aromatic rings. The Bertz CT molecular complexity index is 489. The Morgan fingerprint density at radius 1 is 1.40 bits per heavy atom. The summed E-state index contributed by atoms with van der Waals surface area (Å²) in [5, 5.41) is 8.17. The molecule has 4 rings (SSSR count). The summed E-state index contributed by atoms with van der Waals surface area (Å²) in [5.41, 5.74) is 2.58. The van der Waals surface area contributed by atoms with Gasteiger partial charge in [0.15, 0.2) is 0 Å². The van der Waals surface area contributed by atoms with Crippen molar-refractivity contribution in [1.82, 2.24) is 9.78 Å². The Morgan fingerprint density at radius 3 is 2.95 bits per heavy atom. The second-order valence-corrected chi connectivity index (χ2v) is 6.50. The zero-order valence-electron chi connectivity index (χ0n) is 12.1. The molecule has 2 aliphatic heterocycles. The molecule has 5 heteroatoms. The molecule has 1 aliphatic carbocycles. The van der Waals surface area contributed by atoms with E-state index in [2.05, 4.69) is 22.0 Å². The maximum atomic E-state index is 6.00. The van der Waals surface area contributed by atoms with Crippen LogP contribution in [-0.4, -0.2) is 41.2 Å². The van der Waals surface area contributed by atoms with Gasteiger partial charge in [0.05, 0.1) is 48.5 Å². The molecule has 2 saturated heterocycles. The third-order valence-corrected chi connectivity index (χ3v) is 5.13. The zero-order chi connectivity index (χ0) is 13.6. The van der Waals surface area contributed by atoms with E-state index >= 15 is 0 Å². The van der Waals surface area contributed by atoms with Crippen molar-refractivity contribution in [1.29, 1.82) is 0 Å². The minimum atomic E-state index is 0.209. The number of rotatable bonds is 3. The normalized spacial score (nSPS) is 31.6. The smallest absolute Gasteiger partial charge is 0.0778 e. The number of aromatic nitrogens is 2. The van der Waals surface area contributed by atoms with E-state index in [1.165, 1.54) is 25.0 Å². The summed E-state index contributed by atoms with van der Waals surface area (Å²) in [6.07, 6.45) is 7.97. The van der Waals surface area contributed by atoms with Crippen molar-refractivity contribution in [2.45, 2.75) is 56.7 Å². The molecular formula is C15H23N3O2. The highest BCUT2D eigenvalue weighted by molar-refractivity contribution is 5.47. The van der Waals surface area contributed by atoms with Crippen molar-refractivity contribution >= 4 is 5.69 Å². The fraction of sp³-hybridized carbons (Fsp3) is 0.800. The quantitative estimate of drug-likeness (QED) is 0.921. The highest BCUT2D eigenvalue weighted by Crippen LogP contribution is 2.44. The van der Waals surface area contributed by atoms with Gasteiger partial charge in [0.25, 0.3) is 0 Å². The number of hydrogen-bond acceptors (Lipinski definition) is 4. The van der Waals surface area contributed by atoms with Crippen molar-refractivity contribution in [2.24, 2.45) is 0 Å². The summed E-state index contributed by atoms with van der Waals surface area (Å²) in [5.74, 6) is 0. The first-order chi connectivity index (χ1) is 9.76. The van der Waals surface area contributed by atoms with Crippen LogP contribution in [0.1, 0.15) is 43.8 Å². The molecule has 0 bridgehead atoms. The lowest BCUT2D eigenvalue weighted by Gasteiger charge is -2.37.